The monoisotopic (exact) mass is 399 g/mol. The molecule has 1 aliphatic carbocycles. The molecule has 0 unspecified atom stereocenters. The van der Waals surface area contributed by atoms with E-state index in [4.69, 9.17) is 4.74 Å². The highest BCUT2D eigenvalue weighted by Crippen LogP contribution is 2.35. The molecule has 1 aromatic carbocycles. The second-order valence-corrected chi connectivity index (χ2v) is 7.79. The highest BCUT2D eigenvalue weighted by Gasteiger charge is 2.46. The van der Waals surface area contributed by atoms with Crippen LogP contribution in [0.4, 0.5) is 0 Å². The van der Waals surface area contributed by atoms with Gasteiger partial charge in [-0.3, -0.25) is 19.3 Å². The van der Waals surface area contributed by atoms with E-state index in [2.05, 4.69) is 5.32 Å². The molecule has 3 atom stereocenters. The van der Waals surface area contributed by atoms with Crippen molar-refractivity contribution in [3.63, 3.8) is 0 Å². The fraction of sp³-hybridized carbons (Fsp3) is 0.500. The quantitative estimate of drug-likeness (QED) is 0.532. The number of imide groups is 1. The Hall–Kier alpha value is -2.67. The van der Waals surface area contributed by atoms with Crippen LogP contribution in [0.3, 0.4) is 0 Å². The molecule has 7 heteroatoms. The molecular weight excluding hydrogens is 370 g/mol. The molecule has 29 heavy (non-hydrogen) atoms. The average Bonchev–Trinajstić information content (AvgIpc) is 2.97. The summed E-state index contributed by atoms with van der Waals surface area (Å²) >= 11 is 0. The van der Waals surface area contributed by atoms with E-state index in [1.54, 1.807) is 7.11 Å². The average molecular weight is 399 g/mol. The Morgan fingerprint density at radius 3 is 2.24 bits per heavy atom. The first-order valence-corrected chi connectivity index (χ1v) is 9.99. The number of ether oxygens (including phenoxy) is 1. The van der Waals surface area contributed by atoms with Crippen molar-refractivity contribution in [2.45, 2.75) is 25.3 Å². The molecule has 0 aromatic heterocycles. The van der Waals surface area contributed by atoms with Crippen molar-refractivity contribution >= 4 is 17.7 Å². The van der Waals surface area contributed by atoms with Gasteiger partial charge >= 0.3 is 0 Å². The first kappa shape index (κ1) is 21.0. The number of amides is 3. The molecule has 0 radical (unpaired) electrons. The summed E-state index contributed by atoms with van der Waals surface area (Å²) in [7, 11) is 5.54. The second kappa shape index (κ2) is 9.22. The maximum atomic E-state index is 12.5. The van der Waals surface area contributed by atoms with E-state index in [-0.39, 0.29) is 48.6 Å². The number of nitrogens with zero attached hydrogens (tertiary/aromatic N) is 2. The van der Waals surface area contributed by atoms with Gasteiger partial charge in [-0.2, -0.15) is 0 Å². The van der Waals surface area contributed by atoms with Crippen LogP contribution in [-0.4, -0.2) is 61.8 Å². The van der Waals surface area contributed by atoms with Gasteiger partial charge in [-0.15, -0.1) is 0 Å². The highest BCUT2D eigenvalue weighted by molar-refractivity contribution is 6.05. The van der Waals surface area contributed by atoms with E-state index in [0.717, 1.165) is 11.3 Å². The normalized spacial score (nSPS) is 22.0. The number of fused-ring (bicyclic) bond motifs is 1. The number of hydrogen-bond donors (Lipinski definition) is 1. The smallest absolute Gasteiger partial charge is 0.233 e. The maximum absolute atomic E-state index is 12.5. The first-order valence-electron chi connectivity index (χ1n) is 9.99. The minimum absolute atomic E-state index is 0.00819. The molecule has 0 bridgehead atoms. The number of rotatable bonds is 8. The van der Waals surface area contributed by atoms with Crippen molar-refractivity contribution in [1.29, 1.82) is 0 Å². The third kappa shape index (κ3) is 4.67. The number of methoxy groups -OCH3 is 1. The van der Waals surface area contributed by atoms with Crippen LogP contribution in [0.15, 0.2) is 36.4 Å². The Bertz CT molecular complexity index is 762. The Kier molecular flexibility index (Phi) is 6.69. The van der Waals surface area contributed by atoms with Gasteiger partial charge in [-0.1, -0.05) is 24.3 Å². The minimum atomic E-state index is -0.247. The summed E-state index contributed by atoms with van der Waals surface area (Å²) in [4.78, 5) is 40.6. The van der Waals surface area contributed by atoms with E-state index in [1.165, 1.54) is 4.90 Å². The molecule has 3 rings (SSSR count). The lowest BCUT2D eigenvalue weighted by atomic mass is 9.85. The molecule has 1 heterocycles. The van der Waals surface area contributed by atoms with Crippen molar-refractivity contribution in [3.8, 4) is 5.75 Å². The molecule has 7 nitrogen and oxygen atoms in total. The molecule has 1 N–H and O–H groups in total. The van der Waals surface area contributed by atoms with E-state index in [1.807, 2.05) is 55.4 Å². The minimum Gasteiger partial charge on any atom is -0.497 e. The Morgan fingerprint density at radius 1 is 1.14 bits per heavy atom. The first-order chi connectivity index (χ1) is 13.9. The fourth-order valence-corrected chi connectivity index (χ4v) is 4.03. The Labute approximate surface area is 171 Å². The summed E-state index contributed by atoms with van der Waals surface area (Å²) in [5.41, 5.74) is 1.07. The Morgan fingerprint density at radius 2 is 1.72 bits per heavy atom. The number of nitrogens with one attached hydrogen (secondary N) is 1. The van der Waals surface area contributed by atoms with Crippen LogP contribution in [0, 0.1) is 11.8 Å². The predicted molar refractivity (Wildman–Crippen MR) is 109 cm³/mol. The number of hydrogen-bond acceptors (Lipinski definition) is 5. The highest BCUT2D eigenvalue weighted by atomic mass is 16.5. The number of benzene rings is 1. The van der Waals surface area contributed by atoms with Gasteiger partial charge in [0.15, 0.2) is 0 Å². The molecule has 156 valence electrons. The number of allylic oxidation sites excluding steroid dienone is 2. The van der Waals surface area contributed by atoms with Crippen LogP contribution in [0.25, 0.3) is 0 Å². The van der Waals surface area contributed by atoms with Crippen molar-refractivity contribution in [2.24, 2.45) is 11.8 Å². The van der Waals surface area contributed by atoms with E-state index >= 15 is 0 Å². The van der Waals surface area contributed by atoms with Gasteiger partial charge in [0.1, 0.15) is 5.75 Å². The van der Waals surface area contributed by atoms with Gasteiger partial charge in [-0.05, 0) is 44.6 Å². The number of likely N-dealkylation sites (N-methyl/N-ethyl adjacent to an activating group) is 1. The SMILES string of the molecule is COc1ccc([C@@H](CNC(=O)CCN2C(=O)[C@H]3CC=CC[C@H]3C2=O)N(C)C)cc1. The largest absolute Gasteiger partial charge is 0.497 e. The van der Waals surface area contributed by atoms with Crippen LogP contribution in [0.2, 0.25) is 0 Å². The lowest BCUT2D eigenvalue weighted by molar-refractivity contribution is -0.140. The van der Waals surface area contributed by atoms with Crippen LogP contribution < -0.4 is 10.1 Å². The fourth-order valence-electron chi connectivity index (χ4n) is 4.03. The third-order valence-electron chi connectivity index (χ3n) is 5.78. The maximum Gasteiger partial charge on any atom is 0.233 e. The number of carbonyl (C=O) groups excluding carboxylic acids is 3. The summed E-state index contributed by atoms with van der Waals surface area (Å²) in [6.45, 7) is 0.584. The van der Waals surface area contributed by atoms with Crippen molar-refractivity contribution in [1.82, 2.24) is 15.1 Å². The molecule has 1 saturated heterocycles. The zero-order chi connectivity index (χ0) is 21.0. The van der Waals surface area contributed by atoms with Gasteiger partial charge in [0, 0.05) is 19.5 Å². The number of carbonyl (C=O) groups is 3. The molecule has 2 aliphatic rings. The standard InChI is InChI=1S/C22H29N3O4/c1-24(2)19(15-8-10-16(29-3)11-9-15)14-23-20(26)12-13-25-21(27)17-6-4-5-7-18(17)22(25)28/h4-5,8-11,17-19H,6-7,12-14H2,1-3H3,(H,23,26)/t17-,18+,19-/m1/s1. The molecule has 1 aromatic rings. The molecule has 1 aliphatic heterocycles. The molecule has 3 amide bonds. The van der Waals surface area contributed by atoms with E-state index in [9.17, 15) is 14.4 Å². The lowest BCUT2D eigenvalue weighted by Crippen LogP contribution is -2.38. The zero-order valence-electron chi connectivity index (χ0n) is 17.3. The van der Waals surface area contributed by atoms with Crippen LogP contribution >= 0.6 is 0 Å². The van der Waals surface area contributed by atoms with Gasteiger partial charge in [-0.25, -0.2) is 0 Å². The van der Waals surface area contributed by atoms with Gasteiger partial charge in [0.25, 0.3) is 0 Å². The summed E-state index contributed by atoms with van der Waals surface area (Å²) in [5.74, 6) is -0.152. The molecular formula is C22H29N3O4. The van der Waals surface area contributed by atoms with Crippen molar-refractivity contribution in [2.75, 3.05) is 34.3 Å². The summed E-state index contributed by atoms with van der Waals surface area (Å²) < 4.78 is 5.19. The number of likely N-dealkylation sites (tertiary alicyclic amines) is 1. The van der Waals surface area contributed by atoms with Gasteiger partial charge < -0.3 is 15.0 Å². The second-order valence-electron chi connectivity index (χ2n) is 7.79. The third-order valence-corrected chi connectivity index (χ3v) is 5.78. The predicted octanol–water partition coefficient (Wildman–Crippen LogP) is 1.76. The molecule has 1 fully saturated rings. The zero-order valence-corrected chi connectivity index (χ0v) is 17.3. The van der Waals surface area contributed by atoms with Crippen molar-refractivity contribution < 1.29 is 19.1 Å². The van der Waals surface area contributed by atoms with Crippen LogP contribution in [0.1, 0.15) is 30.9 Å². The molecule has 0 saturated carbocycles. The summed E-state index contributed by atoms with van der Waals surface area (Å²) in [6.07, 6.45) is 5.27. The van der Waals surface area contributed by atoms with E-state index in [0.29, 0.717) is 19.4 Å². The van der Waals surface area contributed by atoms with Crippen molar-refractivity contribution in [3.05, 3.63) is 42.0 Å². The van der Waals surface area contributed by atoms with Crippen LogP contribution in [0.5, 0.6) is 5.75 Å². The van der Waals surface area contributed by atoms with E-state index < -0.39 is 0 Å². The Balaban J connectivity index is 1.52. The van der Waals surface area contributed by atoms with Gasteiger partial charge in [0.05, 0.1) is 25.0 Å². The topological polar surface area (TPSA) is 79.0 Å². The van der Waals surface area contributed by atoms with Gasteiger partial charge in [0.2, 0.25) is 17.7 Å². The summed E-state index contributed by atoms with van der Waals surface area (Å²) in [5, 5.41) is 2.93. The lowest BCUT2D eigenvalue weighted by Gasteiger charge is -2.25. The summed E-state index contributed by atoms with van der Waals surface area (Å²) in [6, 6.07) is 7.76. The van der Waals surface area contributed by atoms with Crippen LogP contribution in [-0.2, 0) is 14.4 Å². The molecule has 0 spiro atoms.